The quantitative estimate of drug-likeness (QED) is 0.628. The molecule has 1 aliphatic heterocycles. The molecule has 0 bridgehead atoms. The minimum atomic E-state index is -4.77. The number of rotatable bonds is 6. The normalized spacial score (nSPS) is 22.8. The van der Waals surface area contributed by atoms with E-state index >= 15 is 0 Å². The number of hydrogen-bond acceptors (Lipinski definition) is 5. The number of carbonyl (C=O) groups is 2. The number of pyridine rings is 1. The smallest absolute Gasteiger partial charge is 0.417 e. The monoisotopic (exact) mass is 469 g/mol. The summed E-state index contributed by atoms with van der Waals surface area (Å²) < 4.78 is 66.4. The van der Waals surface area contributed by atoms with Gasteiger partial charge in [-0.05, 0) is 38.0 Å². The molecule has 3 atom stereocenters. The van der Waals surface area contributed by atoms with Gasteiger partial charge in [0.25, 0.3) is 11.8 Å². The van der Waals surface area contributed by atoms with Crippen LogP contribution in [0.25, 0.3) is 0 Å². The molecule has 0 spiro atoms. The summed E-state index contributed by atoms with van der Waals surface area (Å²) in [6.45, 7) is 2.54. The molecule has 0 radical (unpaired) electrons. The molecule has 2 heterocycles. The largest absolute Gasteiger partial charge is 0.496 e. The highest BCUT2D eigenvalue weighted by atomic mass is 19.4. The molecular formula is C22H23F4N3O4. The second kappa shape index (κ2) is 8.97. The molecule has 7 nitrogen and oxygen atoms in total. The van der Waals surface area contributed by atoms with Crippen molar-refractivity contribution in [3.8, 4) is 5.75 Å². The Labute approximate surface area is 187 Å². The van der Waals surface area contributed by atoms with Gasteiger partial charge in [0.15, 0.2) is 5.60 Å². The molecule has 1 fully saturated rings. The van der Waals surface area contributed by atoms with Crippen molar-refractivity contribution in [2.75, 3.05) is 12.4 Å². The number of carbonyl (C=O) groups excluding carboxylic acids is 2. The van der Waals surface area contributed by atoms with Crippen LogP contribution in [-0.2, 0) is 16.0 Å². The third-order valence-electron chi connectivity index (χ3n) is 5.69. The van der Waals surface area contributed by atoms with Crippen LogP contribution >= 0.6 is 0 Å². The van der Waals surface area contributed by atoms with E-state index in [0.717, 1.165) is 13.0 Å². The Bertz CT molecular complexity index is 1080. The number of halogens is 4. The molecule has 1 aliphatic rings. The van der Waals surface area contributed by atoms with Gasteiger partial charge in [0.05, 0.1) is 7.11 Å². The molecule has 178 valence electrons. The van der Waals surface area contributed by atoms with Crippen molar-refractivity contribution >= 4 is 17.5 Å². The maximum atomic E-state index is 14.3. The highest BCUT2D eigenvalue weighted by Gasteiger charge is 2.61. The number of amides is 2. The summed E-state index contributed by atoms with van der Waals surface area (Å²) in [6, 6.07) is 4.99. The average molecular weight is 469 g/mol. The first-order valence-corrected chi connectivity index (χ1v) is 10.1. The number of anilines is 1. The van der Waals surface area contributed by atoms with Crippen molar-refractivity contribution in [3.63, 3.8) is 0 Å². The van der Waals surface area contributed by atoms with Gasteiger partial charge in [0.1, 0.15) is 23.4 Å². The van der Waals surface area contributed by atoms with Crippen molar-refractivity contribution in [2.24, 2.45) is 5.73 Å². The van der Waals surface area contributed by atoms with E-state index in [4.69, 9.17) is 15.2 Å². The van der Waals surface area contributed by atoms with Gasteiger partial charge in [-0.2, -0.15) is 13.2 Å². The van der Waals surface area contributed by atoms with E-state index < -0.39 is 47.9 Å². The molecule has 11 heteroatoms. The summed E-state index contributed by atoms with van der Waals surface area (Å²) in [4.78, 5) is 28.2. The molecule has 0 unspecified atom stereocenters. The van der Waals surface area contributed by atoms with Gasteiger partial charge < -0.3 is 20.5 Å². The van der Waals surface area contributed by atoms with Gasteiger partial charge in [-0.3, -0.25) is 14.6 Å². The molecular weight excluding hydrogens is 446 g/mol. The minimum Gasteiger partial charge on any atom is -0.496 e. The zero-order valence-corrected chi connectivity index (χ0v) is 18.1. The van der Waals surface area contributed by atoms with E-state index in [0.29, 0.717) is 0 Å². The Morgan fingerprint density at radius 3 is 2.61 bits per heavy atom. The van der Waals surface area contributed by atoms with Crippen LogP contribution in [0.3, 0.4) is 0 Å². The van der Waals surface area contributed by atoms with Crippen LogP contribution in [0.2, 0.25) is 0 Å². The van der Waals surface area contributed by atoms with Gasteiger partial charge in [0.2, 0.25) is 0 Å². The first-order chi connectivity index (χ1) is 15.4. The molecule has 2 aromatic rings. The van der Waals surface area contributed by atoms with Crippen molar-refractivity contribution in [1.82, 2.24) is 4.98 Å². The first kappa shape index (κ1) is 24.4. The third kappa shape index (κ3) is 4.63. The fourth-order valence-electron chi connectivity index (χ4n) is 3.97. The van der Waals surface area contributed by atoms with E-state index in [1.165, 1.54) is 31.5 Å². The van der Waals surface area contributed by atoms with Crippen molar-refractivity contribution in [3.05, 3.63) is 53.1 Å². The van der Waals surface area contributed by atoms with E-state index in [1.807, 2.05) is 0 Å². The van der Waals surface area contributed by atoms with Crippen LogP contribution < -0.4 is 15.8 Å². The lowest BCUT2D eigenvalue weighted by Gasteiger charge is -2.27. The lowest BCUT2D eigenvalue weighted by Crippen LogP contribution is -2.43. The molecule has 33 heavy (non-hydrogen) atoms. The summed E-state index contributed by atoms with van der Waals surface area (Å²) in [5.41, 5.74) is 2.95. The van der Waals surface area contributed by atoms with Crippen molar-refractivity contribution in [2.45, 2.75) is 50.5 Å². The summed E-state index contributed by atoms with van der Waals surface area (Å²) in [5.74, 6) is -3.29. The Morgan fingerprint density at radius 2 is 2.03 bits per heavy atom. The lowest BCUT2D eigenvalue weighted by atomic mass is 9.84. The maximum Gasteiger partial charge on any atom is 0.417 e. The predicted molar refractivity (Wildman–Crippen MR) is 110 cm³/mol. The number of alkyl halides is 3. The number of aromatic nitrogens is 1. The van der Waals surface area contributed by atoms with E-state index in [9.17, 15) is 27.2 Å². The summed E-state index contributed by atoms with van der Waals surface area (Å²) in [7, 11) is 1.29. The highest BCUT2D eigenvalue weighted by Crippen LogP contribution is 2.51. The highest BCUT2D eigenvalue weighted by molar-refractivity contribution is 5.97. The first-order valence-electron chi connectivity index (χ1n) is 10.1. The van der Waals surface area contributed by atoms with Gasteiger partial charge in [-0.15, -0.1) is 0 Å². The lowest BCUT2D eigenvalue weighted by molar-refractivity contribution is -0.261. The number of nitrogens with two attached hydrogens (primary N) is 1. The number of benzene rings is 1. The fraction of sp³-hybridized carbons (Fsp3) is 0.409. The molecule has 2 amide bonds. The maximum absolute atomic E-state index is 14.3. The van der Waals surface area contributed by atoms with Crippen LogP contribution in [-0.4, -0.2) is 41.8 Å². The summed E-state index contributed by atoms with van der Waals surface area (Å²) in [5, 5.41) is 2.45. The van der Waals surface area contributed by atoms with E-state index in [1.54, 1.807) is 6.92 Å². The SMILES string of the molecule is CCc1c(F)ccc([C@H]2C[C@@](C)(C(F)(F)F)O[C@H]2C(=O)Nc2ccnc(C(N)=O)c2)c1OC. The Kier molecular flexibility index (Phi) is 6.64. The number of methoxy groups -OCH3 is 1. The average Bonchev–Trinajstić information content (AvgIpc) is 3.12. The summed E-state index contributed by atoms with van der Waals surface area (Å²) in [6.07, 6.45) is -5.47. The third-order valence-corrected chi connectivity index (χ3v) is 5.69. The van der Waals surface area contributed by atoms with Crippen LogP contribution in [0.4, 0.5) is 23.2 Å². The molecule has 3 rings (SSSR count). The fourth-order valence-corrected chi connectivity index (χ4v) is 3.97. The number of ether oxygens (including phenoxy) is 2. The van der Waals surface area contributed by atoms with Crippen LogP contribution in [0.5, 0.6) is 5.75 Å². The molecule has 3 N–H and O–H groups in total. The molecule has 1 saturated heterocycles. The van der Waals surface area contributed by atoms with Gasteiger partial charge in [-0.1, -0.05) is 13.0 Å². The van der Waals surface area contributed by atoms with Gasteiger partial charge >= 0.3 is 6.18 Å². The van der Waals surface area contributed by atoms with Crippen molar-refractivity contribution in [1.29, 1.82) is 0 Å². The predicted octanol–water partition coefficient (Wildman–Crippen LogP) is 3.72. The van der Waals surface area contributed by atoms with Crippen LogP contribution in [0, 0.1) is 5.82 Å². The molecule has 1 aromatic carbocycles. The van der Waals surface area contributed by atoms with E-state index in [-0.39, 0.29) is 34.7 Å². The minimum absolute atomic E-state index is 0.0789. The molecule has 0 saturated carbocycles. The van der Waals surface area contributed by atoms with Crippen LogP contribution in [0.15, 0.2) is 30.5 Å². The molecule has 0 aliphatic carbocycles. The Morgan fingerprint density at radius 1 is 1.33 bits per heavy atom. The van der Waals surface area contributed by atoms with E-state index in [2.05, 4.69) is 10.3 Å². The number of hydrogen-bond donors (Lipinski definition) is 2. The Balaban J connectivity index is 2.03. The topological polar surface area (TPSA) is 104 Å². The molecule has 1 aromatic heterocycles. The van der Waals surface area contributed by atoms with Gasteiger partial charge in [-0.25, -0.2) is 4.39 Å². The van der Waals surface area contributed by atoms with Gasteiger partial charge in [0, 0.05) is 28.9 Å². The van der Waals surface area contributed by atoms with Crippen molar-refractivity contribution < 1.29 is 36.6 Å². The van der Waals surface area contributed by atoms with Crippen LogP contribution in [0.1, 0.15) is 47.8 Å². The second-order valence-electron chi connectivity index (χ2n) is 7.86. The number of nitrogens with zero attached hydrogens (tertiary/aromatic N) is 1. The summed E-state index contributed by atoms with van der Waals surface area (Å²) >= 11 is 0. The number of primary amides is 1. The Hall–Kier alpha value is -3.21. The standard InChI is InChI=1S/C22H23F4N3O4/c1-4-12-15(23)6-5-13(17(12)32-3)14-10-21(2,22(24,25)26)33-18(14)20(31)29-11-7-8-28-16(9-11)19(27)30/h5-9,14,18H,4,10H2,1-3H3,(H2,27,30)(H,28,29,31)/t14-,18-,21+/m1/s1. The second-order valence-corrected chi connectivity index (χ2v) is 7.86. The zero-order valence-electron chi connectivity index (χ0n) is 18.1. The zero-order chi connectivity index (χ0) is 24.6. The number of nitrogens with one attached hydrogen (secondary N) is 1.